The largest absolute Gasteiger partial charge is 0.437 e. The summed E-state index contributed by atoms with van der Waals surface area (Å²) in [7, 11) is 0. The molecule has 1 aliphatic heterocycles. The number of rotatable bonds is 9. The summed E-state index contributed by atoms with van der Waals surface area (Å²) in [5.74, 6) is 0.744. The predicted octanol–water partition coefficient (Wildman–Crippen LogP) is 4.92. The Morgan fingerprint density at radius 3 is 2.53 bits per heavy atom. The Labute approximate surface area is 179 Å². The molecule has 5 heteroatoms. The molecule has 0 bridgehead atoms. The van der Waals surface area contributed by atoms with E-state index in [1.807, 2.05) is 44.2 Å². The van der Waals surface area contributed by atoms with E-state index in [0.717, 1.165) is 11.1 Å². The molecule has 1 aliphatic rings. The fourth-order valence-electron chi connectivity index (χ4n) is 2.95. The van der Waals surface area contributed by atoms with Crippen molar-refractivity contribution < 1.29 is 9.53 Å². The van der Waals surface area contributed by atoms with Gasteiger partial charge in [0.05, 0.1) is 0 Å². The fraction of sp³-hybridized carbons (Fsp3) is 0.240. The molecule has 1 aromatic heterocycles. The molecule has 0 radical (unpaired) electrons. The van der Waals surface area contributed by atoms with Gasteiger partial charge in [-0.15, -0.1) is 13.2 Å². The Bertz CT molecular complexity index is 912. The Morgan fingerprint density at radius 1 is 1.30 bits per heavy atom. The summed E-state index contributed by atoms with van der Waals surface area (Å²) in [5, 5.41) is 0. The van der Waals surface area contributed by atoms with Crippen molar-refractivity contribution in [2.24, 2.45) is 4.99 Å². The molecule has 0 aliphatic carbocycles. The van der Waals surface area contributed by atoms with Crippen LogP contribution in [0.3, 0.4) is 0 Å². The second-order valence-corrected chi connectivity index (χ2v) is 7.03. The number of aromatic nitrogens is 1. The van der Waals surface area contributed by atoms with Crippen molar-refractivity contribution in [3.05, 3.63) is 98.1 Å². The topological polar surface area (TPSA) is 54.8 Å². The van der Waals surface area contributed by atoms with Crippen LogP contribution >= 0.6 is 0 Å². The maximum Gasteiger partial charge on any atom is 0.246 e. The lowest BCUT2D eigenvalue weighted by molar-refractivity contribution is -0.125. The molecule has 1 aromatic rings. The first-order chi connectivity index (χ1) is 14.4. The first-order valence-electron chi connectivity index (χ1n) is 9.79. The minimum absolute atomic E-state index is 0.0809. The van der Waals surface area contributed by atoms with Gasteiger partial charge >= 0.3 is 0 Å². The van der Waals surface area contributed by atoms with Crippen LogP contribution in [0.5, 0.6) is 5.88 Å². The minimum Gasteiger partial charge on any atom is -0.437 e. The summed E-state index contributed by atoms with van der Waals surface area (Å²) in [6.07, 6.45) is 12.9. The van der Waals surface area contributed by atoms with E-state index < -0.39 is 0 Å². The number of pyridine rings is 1. The Balaban J connectivity index is 2.20. The summed E-state index contributed by atoms with van der Waals surface area (Å²) in [4.78, 5) is 22.4. The first kappa shape index (κ1) is 22.8. The molecule has 1 amide bonds. The Kier molecular flexibility index (Phi) is 7.87. The molecule has 2 rings (SSSR count). The average Bonchev–Trinajstić information content (AvgIpc) is 2.79. The molecule has 2 heterocycles. The van der Waals surface area contributed by atoms with E-state index >= 15 is 0 Å². The molecule has 30 heavy (non-hydrogen) atoms. The number of nitrogens with zero attached hydrogens (tertiary/aromatic N) is 3. The van der Waals surface area contributed by atoms with Crippen LogP contribution in [0.25, 0.3) is 0 Å². The second kappa shape index (κ2) is 10.3. The van der Waals surface area contributed by atoms with Crippen LogP contribution in [0.4, 0.5) is 0 Å². The second-order valence-electron chi connectivity index (χ2n) is 7.03. The van der Waals surface area contributed by atoms with Gasteiger partial charge in [-0.3, -0.25) is 9.79 Å². The Morgan fingerprint density at radius 2 is 2.03 bits per heavy atom. The van der Waals surface area contributed by atoms with E-state index in [4.69, 9.17) is 4.74 Å². The summed E-state index contributed by atoms with van der Waals surface area (Å²) in [5.41, 5.74) is 2.23. The van der Waals surface area contributed by atoms with Crippen molar-refractivity contribution in [2.75, 3.05) is 13.1 Å². The highest BCUT2D eigenvalue weighted by molar-refractivity contribution is 6.11. The average molecular weight is 404 g/mol. The van der Waals surface area contributed by atoms with E-state index in [9.17, 15) is 4.79 Å². The zero-order chi connectivity index (χ0) is 22.1. The fourth-order valence-corrected chi connectivity index (χ4v) is 2.95. The minimum atomic E-state index is -0.358. The number of aliphatic imine (C=N–C) groups is 1. The van der Waals surface area contributed by atoms with Crippen molar-refractivity contribution in [3.8, 4) is 5.88 Å². The van der Waals surface area contributed by atoms with Crippen LogP contribution < -0.4 is 4.74 Å². The van der Waals surface area contributed by atoms with Gasteiger partial charge in [-0.05, 0) is 37.5 Å². The van der Waals surface area contributed by atoms with Gasteiger partial charge in [0.1, 0.15) is 11.5 Å². The lowest BCUT2D eigenvalue weighted by Gasteiger charge is -2.26. The molecular formula is C25H29N3O2. The first-order valence-corrected chi connectivity index (χ1v) is 9.79. The van der Waals surface area contributed by atoms with Gasteiger partial charge in [0, 0.05) is 37.0 Å². The SMILES string of the molecule is C=CC(=O)N1CC=C(C(=N/C=C\C)C(=C)Oc2ccc(C(C)(C=C)C=C)cn2)CC1. The molecule has 0 saturated carbocycles. The van der Waals surface area contributed by atoms with Gasteiger partial charge in [-0.2, -0.15) is 0 Å². The number of carbonyl (C=O) groups is 1. The number of hydrogen-bond acceptors (Lipinski definition) is 4. The van der Waals surface area contributed by atoms with E-state index in [2.05, 4.69) is 36.3 Å². The Hall–Kier alpha value is -3.47. The van der Waals surface area contributed by atoms with E-state index in [1.54, 1.807) is 23.4 Å². The van der Waals surface area contributed by atoms with Crippen LogP contribution in [0.2, 0.25) is 0 Å². The third-order valence-corrected chi connectivity index (χ3v) is 5.05. The van der Waals surface area contributed by atoms with Crippen LogP contribution in [-0.4, -0.2) is 34.6 Å². The van der Waals surface area contributed by atoms with Gasteiger partial charge in [-0.25, -0.2) is 4.98 Å². The molecule has 0 fully saturated rings. The highest BCUT2D eigenvalue weighted by Crippen LogP contribution is 2.27. The van der Waals surface area contributed by atoms with Crippen LogP contribution in [0.1, 0.15) is 25.8 Å². The third-order valence-electron chi connectivity index (χ3n) is 5.05. The maximum atomic E-state index is 11.8. The van der Waals surface area contributed by atoms with Crippen molar-refractivity contribution in [1.82, 2.24) is 9.88 Å². The number of hydrogen-bond donors (Lipinski definition) is 0. The standard InChI is InChI=1S/C25H29N3O2/c1-7-15-26-24(20-13-16-28(17-14-20)23(29)8-2)19(5)30-22-12-11-21(18-27-22)25(6,9-3)10-4/h7-13,15,18H,2-5,14,16-17H2,1,6H3/b15-7-,26-24?. The number of amides is 1. The number of ether oxygens (including phenoxy) is 1. The van der Waals surface area contributed by atoms with E-state index in [1.165, 1.54) is 6.08 Å². The van der Waals surface area contributed by atoms with Crippen molar-refractivity contribution >= 4 is 11.6 Å². The summed E-state index contributed by atoms with van der Waals surface area (Å²) >= 11 is 0. The van der Waals surface area contributed by atoms with Gasteiger partial charge in [-0.1, -0.05) is 43.5 Å². The number of carbonyl (C=O) groups excluding carboxylic acids is 1. The molecule has 0 unspecified atom stereocenters. The molecule has 5 nitrogen and oxygen atoms in total. The summed E-state index contributed by atoms with van der Waals surface area (Å²) in [6, 6.07) is 3.72. The predicted molar refractivity (Wildman–Crippen MR) is 123 cm³/mol. The molecule has 156 valence electrons. The quantitative estimate of drug-likeness (QED) is 0.254. The number of allylic oxidation sites excluding steroid dienone is 4. The molecule has 0 saturated heterocycles. The van der Waals surface area contributed by atoms with Crippen LogP contribution in [-0.2, 0) is 10.2 Å². The lowest BCUT2D eigenvalue weighted by atomic mass is 9.84. The van der Waals surface area contributed by atoms with E-state index in [-0.39, 0.29) is 11.3 Å². The van der Waals surface area contributed by atoms with E-state index in [0.29, 0.717) is 36.9 Å². The zero-order valence-electron chi connectivity index (χ0n) is 17.8. The molecule has 0 N–H and O–H groups in total. The maximum absolute atomic E-state index is 11.8. The monoisotopic (exact) mass is 403 g/mol. The van der Waals surface area contributed by atoms with Gasteiger partial charge in [0.2, 0.25) is 11.8 Å². The van der Waals surface area contributed by atoms with Crippen LogP contribution in [0, 0.1) is 0 Å². The summed E-state index contributed by atoms with van der Waals surface area (Å²) in [6.45, 7) is 20.3. The van der Waals surface area contributed by atoms with Gasteiger partial charge in [0.15, 0.2) is 0 Å². The highest BCUT2D eigenvalue weighted by Gasteiger charge is 2.22. The molecule has 0 aromatic carbocycles. The zero-order valence-corrected chi connectivity index (χ0v) is 17.8. The smallest absolute Gasteiger partial charge is 0.246 e. The van der Waals surface area contributed by atoms with Crippen molar-refractivity contribution in [1.29, 1.82) is 0 Å². The highest BCUT2D eigenvalue weighted by atomic mass is 16.5. The molecular weight excluding hydrogens is 374 g/mol. The normalized spacial score (nSPS) is 14.8. The van der Waals surface area contributed by atoms with Gasteiger partial charge in [0.25, 0.3) is 0 Å². The van der Waals surface area contributed by atoms with Crippen molar-refractivity contribution in [2.45, 2.75) is 25.7 Å². The molecule has 0 atom stereocenters. The molecule has 0 spiro atoms. The van der Waals surface area contributed by atoms with Crippen molar-refractivity contribution in [3.63, 3.8) is 0 Å². The van der Waals surface area contributed by atoms with Gasteiger partial charge < -0.3 is 9.64 Å². The van der Waals surface area contributed by atoms with Crippen LogP contribution in [0.15, 0.2) is 97.6 Å². The summed E-state index contributed by atoms with van der Waals surface area (Å²) < 4.78 is 5.90. The lowest BCUT2D eigenvalue weighted by Crippen LogP contribution is -2.34. The third kappa shape index (κ3) is 5.32.